The van der Waals surface area contributed by atoms with Gasteiger partial charge in [-0.1, -0.05) is 6.92 Å². The molecule has 0 fully saturated rings. The monoisotopic (exact) mass is 422 g/mol. The molecule has 2 rings (SSSR count). The third-order valence-electron chi connectivity index (χ3n) is 5.46. The Hall–Kier alpha value is -2.81. The maximum Gasteiger partial charge on any atom is 0.321 e. The van der Waals surface area contributed by atoms with Gasteiger partial charge in [-0.05, 0) is 31.0 Å². The summed E-state index contributed by atoms with van der Waals surface area (Å²) < 4.78 is 15.7. The highest BCUT2D eigenvalue weighted by atomic mass is 16.5. The molecule has 1 heterocycles. The van der Waals surface area contributed by atoms with Gasteiger partial charge in [0.05, 0.1) is 27.9 Å². The zero-order valence-electron chi connectivity index (χ0n) is 18.3. The standard InChI is InChI=1S/C21H31N3O6/c1-6-13(2)22-21(27)23-19(25)12-24-8-7-14-9-17(28-3)18(29-4)10-15(14)16(24)11-20(26)30-5/h9-10,13,16H,6-8,11-12H2,1-5H3,(H2,22,23,25,27)/p+1/t13-,16-/m0/s1. The minimum absolute atomic E-state index is 0.0264. The number of hydrogen-bond acceptors (Lipinski definition) is 6. The van der Waals surface area contributed by atoms with Crippen LogP contribution < -0.4 is 25.0 Å². The normalized spacial score (nSPS) is 18.6. The van der Waals surface area contributed by atoms with Crippen LogP contribution in [-0.2, 0) is 20.7 Å². The van der Waals surface area contributed by atoms with Crippen molar-refractivity contribution in [2.75, 3.05) is 34.4 Å². The fourth-order valence-corrected chi connectivity index (χ4v) is 3.62. The van der Waals surface area contributed by atoms with E-state index in [4.69, 9.17) is 14.2 Å². The molecule has 1 aliphatic heterocycles. The maximum atomic E-state index is 12.5. The van der Waals surface area contributed by atoms with Crippen LogP contribution in [0.3, 0.4) is 0 Å². The molecule has 0 spiro atoms. The van der Waals surface area contributed by atoms with E-state index in [9.17, 15) is 14.4 Å². The molecule has 0 bridgehead atoms. The molecule has 1 aromatic carbocycles. The summed E-state index contributed by atoms with van der Waals surface area (Å²) in [7, 11) is 4.47. The average Bonchev–Trinajstić information content (AvgIpc) is 2.73. The van der Waals surface area contributed by atoms with E-state index >= 15 is 0 Å². The van der Waals surface area contributed by atoms with Crippen LogP contribution in [0.25, 0.3) is 0 Å². The number of imide groups is 1. The Morgan fingerprint density at radius 1 is 1.17 bits per heavy atom. The molecular weight excluding hydrogens is 390 g/mol. The summed E-state index contributed by atoms with van der Waals surface area (Å²) in [6.45, 7) is 4.50. The van der Waals surface area contributed by atoms with Crippen LogP contribution in [0.2, 0.25) is 0 Å². The topological polar surface area (TPSA) is 107 Å². The number of esters is 1. The van der Waals surface area contributed by atoms with Gasteiger partial charge >= 0.3 is 12.0 Å². The number of urea groups is 1. The third kappa shape index (κ3) is 5.85. The summed E-state index contributed by atoms with van der Waals surface area (Å²) in [6.07, 6.45) is 1.58. The largest absolute Gasteiger partial charge is 0.493 e. The molecule has 0 aliphatic carbocycles. The molecular formula is C21H32N3O6+. The van der Waals surface area contributed by atoms with Crippen LogP contribution in [0.5, 0.6) is 11.5 Å². The van der Waals surface area contributed by atoms with Gasteiger partial charge in [0.15, 0.2) is 18.0 Å². The van der Waals surface area contributed by atoms with E-state index in [1.54, 1.807) is 14.2 Å². The number of hydrogen-bond donors (Lipinski definition) is 3. The van der Waals surface area contributed by atoms with Gasteiger partial charge in [0, 0.05) is 18.0 Å². The highest BCUT2D eigenvalue weighted by Gasteiger charge is 2.35. The maximum absolute atomic E-state index is 12.5. The Labute approximate surface area is 177 Å². The van der Waals surface area contributed by atoms with Gasteiger partial charge in [-0.2, -0.15) is 0 Å². The Bertz CT molecular complexity index is 782. The van der Waals surface area contributed by atoms with Gasteiger partial charge in [0.1, 0.15) is 12.5 Å². The quantitative estimate of drug-likeness (QED) is 0.523. The van der Waals surface area contributed by atoms with Crippen LogP contribution in [0.1, 0.15) is 43.9 Å². The zero-order valence-corrected chi connectivity index (χ0v) is 18.3. The summed E-state index contributed by atoms with van der Waals surface area (Å²) in [4.78, 5) is 37.4. The molecule has 166 valence electrons. The summed E-state index contributed by atoms with van der Waals surface area (Å²) in [5, 5.41) is 5.08. The molecule has 0 aromatic heterocycles. The number of methoxy groups -OCH3 is 3. The van der Waals surface area contributed by atoms with Crippen molar-refractivity contribution in [1.29, 1.82) is 0 Å². The summed E-state index contributed by atoms with van der Waals surface area (Å²) in [6, 6.07) is 2.93. The average molecular weight is 423 g/mol. The molecule has 9 nitrogen and oxygen atoms in total. The van der Waals surface area contributed by atoms with Crippen LogP contribution in [0.15, 0.2) is 12.1 Å². The fraction of sp³-hybridized carbons (Fsp3) is 0.571. The lowest BCUT2D eigenvalue weighted by atomic mass is 9.90. The summed E-state index contributed by atoms with van der Waals surface area (Å²) in [5.41, 5.74) is 1.95. The van der Waals surface area contributed by atoms with Gasteiger partial charge in [0.25, 0.3) is 5.91 Å². The van der Waals surface area contributed by atoms with E-state index in [1.807, 2.05) is 26.0 Å². The minimum atomic E-state index is -0.512. The molecule has 0 saturated heterocycles. The Morgan fingerprint density at radius 3 is 2.43 bits per heavy atom. The molecule has 1 aliphatic rings. The van der Waals surface area contributed by atoms with Crippen molar-refractivity contribution in [2.45, 2.75) is 45.2 Å². The predicted octanol–water partition coefficient (Wildman–Crippen LogP) is 0.373. The second-order valence-electron chi connectivity index (χ2n) is 7.40. The number of nitrogens with one attached hydrogen (secondary N) is 3. The van der Waals surface area contributed by atoms with Gasteiger partial charge in [-0.15, -0.1) is 0 Å². The van der Waals surface area contributed by atoms with Crippen molar-refractivity contribution in [3.63, 3.8) is 0 Å². The lowest BCUT2D eigenvalue weighted by molar-refractivity contribution is -0.925. The van der Waals surface area contributed by atoms with Crippen molar-refractivity contribution < 1.29 is 33.5 Å². The SMILES string of the molecule is CC[C@H](C)NC(=O)NC(=O)C[NH+]1CCc2cc(OC)c(OC)cc2[C@@H]1CC(=O)OC. The molecule has 3 N–H and O–H groups in total. The molecule has 0 radical (unpaired) electrons. The first-order valence-corrected chi connectivity index (χ1v) is 10.1. The van der Waals surface area contributed by atoms with Crippen LogP contribution in [-0.4, -0.2) is 58.4 Å². The number of amides is 3. The summed E-state index contributed by atoms with van der Waals surface area (Å²) in [5.74, 6) is 0.417. The number of benzene rings is 1. The van der Waals surface area contributed by atoms with Crippen LogP contribution in [0, 0.1) is 0 Å². The number of fused-ring (bicyclic) bond motifs is 1. The first kappa shape index (κ1) is 23.5. The van der Waals surface area contributed by atoms with E-state index in [-0.39, 0.29) is 31.0 Å². The second kappa shape index (κ2) is 10.8. The highest BCUT2D eigenvalue weighted by molar-refractivity contribution is 5.94. The number of rotatable bonds is 8. The number of carbonyl (C=O) groups excluding carboxylic acids is 3. The predicted molar refractivity (Wildman–Crippen MR) is 110 cm³/mol. The first-order valence-electron chi connectivity index (χ1n) is 10.1. The first-order chi connectivity index (χ1) is 14.3. The second-order valence-corrected chi connectivity index (χ2v) is 7.40. The Kier molecular flexibility index (Phi) is 8.46. The highest BCUT2D eigenvalue weighted by Crippen LogP contribution is 2.35. The molecule has 9 heteroatoms. The van der Waals surface area contributed by atoms with Crippen LogP contribution >= 0.6 is 0 Å². The molecule has 30 heavy (non-hydrogen) atoms. The molecule has 3 atom stereocenters. The van der Waals surface area contributed by atoms with E-state index in [0.29, 0.717) is 24.5 Å². The van der Waals surface area contributed by atoms with E-state index < -0.39 is 11.9 Å². The Morgan fingerprint density at radius 2 is 1.83 bits per heavy atom. The van der Waals surface area contributed by atoms with Crippen LogP contribution in [0.4, 0.5) is 4.79 Å². The van der Waals surface area contributed by atoms with Gasteiger partial charge in [-0.25, -0.2) is 4.79 Å². The van der Waals surface area contributed by atoms with Gasteiger partial charge < -0.3 is 24.4 Å². The minimum Gasteiger partial charge on any atom is -0.493 e. The van der Waals surface area contributed by atoms with Crippen molar-refractivity contribution in [3.8, 4) is 11.5 Å². The lowest BCUT2D eigenvalue weighted by Gasteiger charge is -2.34. The van der Waals surface area contributed by atoms with E-state index in [0.717, 1.165) is 22.4 Å². The summed E-state index contributed by atoms with van der Waals surface area (Å²) >= 11 is 0. The van der Waals surface area contributed by atoms with Gasteiger partial charge in [-0.3, -0.25) is 14.9 Å². The van der Waals surface area contributed by atoms with Gasteiger partial charge in [0.2, 0.25) is 0 Å². The van der Waals surface area contributed by atoms with Crippen molar-refractivity contribution in [3.05, 3.63) is 23.3 Å². The molecule has 0 saturated carbocycles. The smallest absolute Gasteiger partial charge is 0.321 e. The third-order valence-corrected chi connectivity index (χ3v) is 5.46. The number of carbonyl (C=O) groups is 3. The molecule has 1 aromatic rings. The van der Waals surface area contributed by atoms with Crippen molar-refractivity contribution in [2.24, 2.45) is 0 Å². The van der Waals surface area contributed by atoms with Crippen molar-refractivity contribution in [1.82, 2.24) is 10.6 Å². The number of ether oxygens (including phenoxy) is 3. The molecule has 1 unspecified atom stereocenters. The zero-order chi connectivity index (χ0) is 22.3. The molecule has 3 amide bonds. The van der Waals surface area contributed by atoms with E-state index in [1.165, 1.54) is 7.11 Å². The van der Waals surface area contributed by atoms with Crippen molar-refractivity contribution >= 4 is 17.9 Å². The number of quaternary nitrogens is 1. The Balaban J connectivity index is 2.22. The van der Waals surface area contributed by atoms with E-state index in [2.05, 4.69) is 10.6 Å². The fourth-order valence-electron chi connectivity index (χ4n) is 3.62. The lowest BCUT2D eigenvalue weighted by Crippen LogP contribution is -3.14.